The molecule has 0 spiro atoms. The Labute approximate surface area is 298 Å². The zero-order valence-electron chi connectivity index (χ0n) is 30.8. The van der Waals surface area contributed by atoms with E-state index in [4.69, 9.17) is 13.3 Å². The van der Waals surface area contributed by atoms with Crippen molar-refractivity contribution in [2.75, 3.05) is 26.2 Å². The summed E-state index contributed by atoms with van der Waals surface area (Å²) in [5.74, 6) is 0.169. The summed E-state index contributed by atoms with van der Waals surface area (Å²) < 4.78 is 44.1. The first kappa shape index (κ1) is 39.7. The van der Waals surface area contributed by atoms with Crippen molar-refractivity contribution in [2.24, 2.45) is 0 Å². The molecule has 49 heavy (non-hydrogen) atoms. The second-order valence-corrected chi connectivity index (χ2v) is 17.1. The molecule has 0 aromatic carbocycles. The predicted octanol–water partition coefficient (Wildman–Crippen LogP) is 7.72. The Morgan fingerprint density at radius 3 is 2.12 bits per heavy atom. The van der Waals surface area contributed by atoms with Gasteiger partial charge in [0.15, 0.2) is 0 Å². The molecule has 0 aliphatic carbocycles. The topological polar surface area (TPSA) is 135 Å². The van der Waals surface area contributed by atoms with Crippen LogP contribution in [0.15, 0.2) is 0 Å². The van der Waals surface area contributed by atoms with E-state index >= 15 is 0 Å². The van der Waals surface area contributed by atoms with Crippen molar-refractivity contribution in [1.82, 2.24) is 30.1 Å². The largest absolute Gasteiger partial charge is 0.444 e. The lowest BCUT2D eigenvalue weighted by atomic mass is 9.82. The maximum Gasteiger partial charge on any atom is 0.437 e. The molecule has 0 N–H and O–H groups in total. The monoisotopic (exact) mass is 728 g/mol. The molecule has 0 radical (unpaired) electrons. The Kier molecular flexibility index (Phi) is 14.1. The van der Waals surface area contributed by atoms with Gasteiger partial charge in [0.05, 0.1) is 12.1 Å². The molecular formula is C34H60N6O7S2. The number of nitrogens with zero attached hydrogens (tertiary/aromatic N) is 6. The Morgan fingerprint density at radius 2 is 1.53 bits per heavy atom. The molecule has 0 unspecified atom stereocenters. The molecule has 3 amide bonds. The van der Waals surface area contributed by atoms with Crippen molar-refractivity contribution in [3.63, 3.8) is 0 Å². The van der Waals surface area contributed by atoms with Crippen molar-refractivity contribution in [3.8, 4) is 0 Å². The SMILES string of the molecule is CCCCN(OS(=O)(=O)ON1C(=O)N2C[C@@H]1CC[C@H]2c1nnc(C2CCN(C(=O)OC(C)(C)C)CC2)s1)C(CCC)(CCCC)CCCC. The van der Waals surface area contributed by atoms with Crippen LogP contribution in [0.3, 0.4) is 0 Å². The third-order valence-electron chi connectivity index (χ3n) is 9.86. The van der Waals surface area contributed by atoms with Gasteiger partial charge in [-0.3, -0.25) is 0 Å². The van der Waals surface area contributed by atoms with E-state index in [0.29, 0.717) is 39.0 Å². The number of carbonyl (C=O) groups is 2. The molecule has 3 fully saturated rings. The van der Waals surface area contributed by atoms with E-state index in [-0.39, 0.29) is 18.1 Å². The Hall–Kier alpha value is -2.07. The molecule has 3 aliphatic rings. The maximum absolute atomic E-state index is 13.7. The van der Waals surface area contributed by atoms with E-state index < -0.39 is 33.6 Å². The predicted molar refractivity (Wildman–Crippen MR) is 189 cm³/mol. The number of likely N-dealkylation sites (tertiary alicyclic amines) is 1. The minimum absolute atomic E-state index is 0.169. The van der Waals surface area contributed by atoms with Gasteiger partial charge in [0.2, 0.25) is 0 Å². The molecule has 4 heterocycles. The van der Waals surface area contributed by atoms with Gasteiger partial charge in [-0.2, -0.15) is 22.8 Å². The number of amides is 3. The first-order valence-electron chi connectivity index (χ1n) is 18.6. The highest BCUT2D eigenvalue weighted by Gasteiger charge is 2.50. The van der Waals surface area contributed by atoms with Gasteiger partial charge in [0.25, 0.3) is 0 Å². The van der Waals surface area contributed by atoms with Gasteiger partial charge in [-0.15, -0.1) is 14.5 Å². The standard InChI is InChI=1S/C34H60N6O7S2/c1-8-12-20-34(19-11-4,21-13-9-2)39(22-14-10-3)46-49(43,44)47-40-27-15-16-28(38(25-27)31(40)41)30-36-35-29(48-30)26-17-23-37(24-18-26)32(42)45-33(5,6)7/h26-28H,8-25H2,1-7H3/t27-,28-/m0/s1. The number of aromatic nitrogens is 2. The smallest absolute Gasteiger partial charge is 0.437 e. The van der Waals surface area contributed by atoms with Crippen molar-refractivity contribution >= 4 is 33.9 Å². The molecule has 0 saturated carbocycles. The van der Waals surface area contributed by atoms with E-state index in [1.54, 1.807) is 14.9 Å². The van der Waals surface area contributed by atoms with Gasteiger partial charge in [-0.05, 0) is 72.1 Å². The Balaban J connectivity index is 1.42. The van der Waals surface area contributed by atoms with E-state index in [1.807, 2.05) is 20.8 Å². The van der Waals surface area contributed by atoms with Crippen LogP contribution >= 0.6 is 11.3 Å². The molecule has 280 valence electrons. The van der Waals surface area contributed by atoms with Crippen LogP contribution in [0.1, 0.15) is 160 Å². The number of hydroxylamine groups is 4. The average Bonchev–Trinajstić information content (AvgIpc) is 3.64. The molecule has 2 bridgehead atoms. The molecule has 1 aromatic heterocycles. The van der Waals surface area contributed by atoms with Crippen LogP contribution in [0.25, 0.3) is 0 Å². The summed E-state index contributed by atoms with van der Waals surface area (Å²) in [5.41, 5.74) is -0.961. The van der Waals surface area contributed by atoms with Crippen LogP contribution in [-0.2, 0) is 23.7 Å². The second kappa shape index (κ2) is 17.4. The van der Waals surface area contributed by atoms with Gasteiger partial charge in [0.1, 0.15) is 15.6 Å². The van der Waals surface area contributed by atoms with Crippen LogP contribution < -0.4 is 0 Å². The molecule has 15 heteroatoms. The number of ether oxygens (including phenoxy) is 1. The lowest BCUT2D eigenvalue weighted by Crippen LogP contribution is -2.51. The fourth-order valence-electron chi connectivity index (χ4n) is 7.27. The highest BCUT2D eigenvalue weighted by molar-refractivity contribution is 7.81. The van der Waals surface area contributed by atoms with E-state index in [9.17, 15) is 18.0 Å². The minimum atomic E-state index is -4.59. The first-order chi connectivity index (χ1) is 23.3. The number of hydrogen-bond donors (Lipinski definition) is 0. The van der Waals surface area contributed by atoms with E-state index in [0.717, 1.165) is 92.1 Å². The molecular weight excluding hydrogens is 669 g/mol. The lowest BCUT2D eigenvalue weighted by molar-refractivity contribution is -0.172. The molecule has 4 rings (SSSR count). The summed E-state index contributed by atoms with van der Waals surface area (Å²) in [5, 5.41) is 13.3. The Morgan fingerprint density at radius 1 is 0.898 bits per heavy atom. The summed E-state index contributed by atoms with van der Waals surface area (Å²) in [6.45, 7) is 16.1. The van der Waals surface area contributed by atoms with Gasteiger partial charge in [-0.1, -0.05) is 77.6 Å². The number of unbranched alkanes of at least 4 members (excludes halogenated alkanes) is 3. The van der Waals surface area contributed by atoms with Gasteiger partial charge in [-0.25, -0.2) is 9.59 Å². The molecule has 1 aromatic rings. The van der Waals surface area contributed by atoms with Gasteiger partial charge < -0.3 is 14.5 Å². The van der Waals surface area contributed by atoms with Crippen LogP contribution in [-0.4, -0.2) is 94.0 Å². The fourth-order valence-corrected chi connectivity index (χ4v) is 9.30. The zero-order valence-corrected chi connectivity index (χ0v) is 32.5. The molecule has 2 atom stereocenters. The van der Waals surface area contributed by atoms with Crippen LogP contribution in [0.5, 0.6) is 0 Å². The third kappa shape index (κ3) is 10.3. The fraction of sp³-hybridized carbons (Fsp3) is 0.882. The normalized spacial score (nSPS) is 20.9. The lowest BCUT2D eigenvalue weighted by Gasteiger charge is -2.43. The van der Waals surface area contributed by atoms with Crippen molar-refractivity contribution in [1.29, 1.82) is 0 Å². The second-order valence-electron chi connectivity index (χ2n) is 14.9. The van der Waals surface area contributed by atoms with Crippen molar-refractivity contribution < 1.29 is 31.3 Å². The number of urea groups is 1. The number of fused-ring (bicyclic) bond motifs is 2. The minimum Gasteiger partial charge on any atom is -0.444 e. The van der Waals surface area contributed by atoms with Crippen molar-refractivity contribution in [3.05, 3.63) is 10.0 Å². The summed E-state index contributed by atoms with van der Waals surface area (Å²) >= 11 is 1.50. The molecule has 3 aliphatic heterocycles. The summed E-state index contributed by atoms with van der Waals surface area (Å²) in [7, 11) is -4.59. The van der Waals surface area contributed by atoms with Gasteiger partial charge in [0, 0.05) is 37.6 Å². The summed E-state index contributed by atoms with van der Waals surface area (Å²) in [6.07, 6.45) is 11.4. The zero-order chi connectivity index (χ0) is 35.8. The van der Waals surface area contributed by atoms with E-state index in [2.05, 4.69) is 37.9 Å². The summed E-state index contributed by atoms with van der Waals surface area (Å²) in [6, 6.07) is -1.22. The van der Waals surface area contributed by atoms with Crippen LogP contribution in [0, 0.1) is 0 Å². The highest BCUT2D eigenvalue weighted by atomic mass is 32.3. The molecule has 3 saturated heterocycles. The Bertz CT molecular complexity index is 1320. The number of carbonyl (C=O) groups excluding carboxylic acids is 2. The number of piperidine rings is 2. The van der Waals surface area contributed by atoms with Gasteiger partial charge >= 0.3 is 22.5 Å². The summed E-state index contributed by atoms with van der Waals surface area (Å²) in [4.78, 5) is 29.6. The highest BCUT2D eigenvalue weighted by Crippen LogP contribution is 2.42. The van der Waals surface area contributed by atoms with Crippen molar-refractivity contribution in [2.45, 2.75) is 167 Å². The maximum atomic E-state index is 13.7. The van der Waals surface area contributed by atoms with E-state index in [1.165, 1.54) is 11.3 Å². The molecule has 13 nitrogen and oxygen atoms in total. The third-order valence-corrected chi connectivity index (χ3v) is 11.8. The van der Waals surface area contributed by atoms with Crippen LogP contribution in [0.4, 0.5) is 9.59 Å². The number of hydrogen-bond acceptors (Lipinski definition) is 11. The van der Waals surface area contributed by atoms with Crippen LogP contribution in [0.2, 0.25) is 0 Å². The first-order valence-corrected chi connectivity index (χ1v) is 20.7. The quantitative estimate of drug-likeness (QED) is 0.138. The average molecular weight is 729 g/mol. The number of rotatable bonds is 18.